The molecule has 0 saturated heterocycles. The second-order valence-corrected chi connectivity index (χ2v) is 10.2. The predicted molar refractivity (Wildman–Crippen MR) is 124 cm³/mol. The number of halogens is 1. The van der Waals surface area contributed by atoms with Crippen molar-refractivity contribution in [2.24, 2.45) is 0 Å². The number of amides is 1. The molecule has 12 heteroatoms. The lowest BCUT2D eigenvalue weighted by molar-refractivity contribution is -0.112. The van der Waals surface area contributed by atoms with E-state index in [1.54, 1.807) is 30.3 Å². The highest BCUT2D eigenvalue weighted by atomic mass is 35.5. The van der Waals surface area contributed by atoms with Crippen LogP contribution in [0.15, 0.2) is 52.4 Å². The number of carbonyl (C=O) groups is 1. The van der Waals surface area contributed by atoms with Crippen LogP contribution in [0.1, 0.15) is 11.1 Å². The highest BCUT2D eigenvalue weighted by molar-refractivity contribution is 7.92. The van der Waals surface area contributed by atoms with Crippen LogP contribution in [0, 0.1) is 11.3 Å². The van der Waals surface area contributed by atoms with E-state index in [4.69, 9.17) is 21.1 Å². The molecule has 0 atom stereocenters. The maximum Gasteiger partial charge on any atom is 0.268 e. The molecule has 0 unspecified atom stereocenters. The summed E-state index contributed by atoms with van der Waals surface area (Å²) in [7, 11) is -2.07. The Morgan fingerprint density at radius 2 is 1.94 bits per heavy atom. The Kier molecular flexibility index (Phi) is 7.65. The van der Waals surface area contributed by atoms with Crippen LogP contribution in [0.25, 0.3) is 6.08 Å². The molecule has 1 N–H and O–H groups in total. The lowest BCUT2D eigenvalue weighted by Gasteiger charge is -2.11. The van der Waals surface area contributed by atoms with E-state index in [9.17, 15) is 18.5 Å². The zero-order valence-electron chi connectivity index (χ0n) is 17.4. The Morgan fingerprint density at radius 3 is 2.55 bits per heavy atom. The quantitative estimate of drug-likeness (QED) is 0.279. The molecule has 0 fully saturated rings. The Morgan fingerprint density at radius 1 is 1.21 bits per heavy atom. The highest BCUT2D eigenvalue weighted by Crippen LogP contribution is 2.30. The van der Waals surface area contributed by atoms with Gasteiger partial charge in [0, 0.05) is 11.3 Å². The molecule has 1 amide bonds. The first-order chi connectivity index (χ1) is 15.7. The van der Waals surface area contributed by atoms with Crippen LogP contribution in [-0.2, 0) is 21.2 Å². The van der Waals surface area contributed by atoms with Crippen molar-refractivity contribution < 1.29 is 22.7 Å². The summed E-state index contributed by atoms with van der Waals surface area (Å²) in [6.45, 7) is 0.298. The number of anilines is 1. The molecular formula is C21H17ClN4O5S2. The molecule has 0 aliphatic rings. The molecule has 3 aromatic rings. The van der Waals surface area contributed by atoms with Crippen molar-refractivity contribution in [3.8, 4) is 17.6 Å². The molecule has 0 aliphatic heterocycles. The number of nitriles is 1. The van der Waals surface area contributed by atoms with E-state index < -0.39 is 15.7 Å². The summed E-state index contributed by atoms with van der Waals surface area (Å²) in [5, 5.41) is 19.5. The Balaban J connectivity index is 1.74. The first-order valence-electron chi connectivity index (χ1n) is 9.21. The number of sulfone groups is 1. The van der Waals surface area contributed by atoms with Gasteiger partial charge < -0.3 is 9.47 Å². The largest absolute Gasteiger partial charge is 0.493 e. The summed E-state index contributed by atoms with van der Waals surface area (Å²) >= 11 is 6.58. The molecule has 0 spiro atoms. The van der Waals surface area contributed by atoms with Crippen LogP contribution >= 0.6 is 22.9 Å². The van der Waals surface area contributed by atoms with Crippen LogP contribution in [0.2, 0.25) is 5.02 Å². The number of aromatic nitrogens is 2. The maximum absolute atomic E-state index is 12.4. The van der Waals surface area contributed by atoms with Gasteiger partial charge in [0.1, 0.15) is 18.2 Å². The normalized spacial score (nSPS) is 11.5. The SMILES string of the molecule is COc1cc(C=C(C#N)C(=O)Nc2nnc(S(C)(=O)=O)s2)ccc1OCc1ccc(Cl)cc1. The predicted octanol–water partition coefficient (Wildman–Crippen LogP) is 3.73. The summed E-state index contributed by atoms with van der Waals surface area (Å²) in [4.78, 5) is 12.4. The van der Waals surface area contributed by atoms with Gasteiger partial charge in [-0.25, -0.2) is 8.42 Å². The summed E-state index contributed by atoms with van der Waals surface area (Å²) < 4.78 is 33.9. The third kappa shape index (κ3) is 6.52. The molecule has 33 heavy (non-hydrogen) atoms. The fourth-order valence-electron chi connectivity index (χ4n) is 2.52. The van der Waals surface area contributed by atoms with Crippen molar-refractivity contribution in [3.05, 3.63) is 64.2 Å². The zero-order valence-corrected chi connectivity index (χ0v) is 19.8. The van der Waals surface area contributed by atoms with Crippen LogP contribution in [0.4, 0.5) is 5.13 Å². The number of nitrogens with one attached hydrogen (secondary N) is 1. The number of rotatable bonds is 8. The van der Waals surface area contributed by atoms with Gasteiger partial charge in [0.15, 0.2) is 11.5 Å². The van der Waals surface area contributed by atoms with Gasteiger partial charge in [-0.15, -0.1) is 10.2 Å². The smallest absolute Gasteiger partial charge is 0.268 e. The van der Waals surface area contributed by atoms with E-state index in [1.165, 1.54) is 13.2 Å². The Hall–Kier alpha value is -3.46. The van der Waals surface area contributed by atoms with Gasteiger partial charge in [-0.05, 0) is 41.5 Å². The number of hydrogen-bond acceptors (Lipinski definition) is 9. The molecule has 0 aliphatic carbocycles. The van der Waals surface area contributed by atoms with E-state index >= 15 is 0 Å². The topological polar surface area (TPSA) is 131 Å². The number of nitrogens with zero attached hydrogens (tertiary/aromatic N) is 3. The van der Waals surface area contributed by atoms with Crippen molar-refractivity contribution in [2.45, 2.75) is 10.9 Å². The minimum Gasteiger partial charge on any atom is -0.493 e. The monoisotopic (exact) mass is 504 g/mol. The standard InChI is InChI=1S/C21H17ClN4O5S2/c1-30-18-10-14(5-8-17(18)31-12-13-3-6-16(22)7-4-13)9-15(11-23)19(27)24-20-25-26-21(32-20)33(2,28)29/h3-10H,12H2,1-2H3,(H,24,25,27). The lowest BCUT2D eigenvalue weighted by atomic mass is 10.1. The summed E-state index contributed by atoms with van der Waals surface area (Å²) in [6.07, 6.45) is 2.34. The second-order valence-electron chi connectivity index (χ2n) is 6.59. The Bertz CT molecular complexity index is 1350. The van der Waals surface area contributed by atoms with Crippen LogP contribution in [-0.4, -0.2) is 37.9 Å². The molecule has 3 rings (SSSR count). The Labute approximate surface area is 199 Å². The molecule has 9 nitrogen and oxygen atoms in total. The molecule has 0 bridgehead atoms. The molecule has 1 heterocycles. The minimum atomic E-state index is -3.55. The number of hydrogen-bond donors (Lipinski definition) is 1. The van der Waals surface area contributed by atoms with Crippen LogP contribution in [0.5, 0.6) is 11.5 Å². The summed E-state index contributed by atoms with van der Waals surface area (Å²) in [5.41, 5.74) is 1.22. The van der Waals surface area contributed by atoms with Gasteiger partial charge in [-0.3, -0.25) is 10.1 Å². The first kappa shape index (κ1) is 24.2. The van der Waals surface area contributed by atoms with Crippen molar-refractivity contribution in [1.29, 1.82) is 5.26 Å². The van der Waals surface area contributed by atoms with Gasteiger partial charge in [-0.1, -0.05) is 41.1 Å². The van der Waals surface area contributed by atoms with Gasteiger partial charge in [0.25, 0.3) is 5.91 Å². The van der Waals surface area contributed by atoms with E-state index in [0.29, 0.717) is 40.0 Å². The fourth-order valence-corrected chi connectivity index (χ4v) is 4.15. The van der Waals surface area contributed by atoms with Gasteiger partial charge >= 0.3 is 0 Å². The minimum absolute atomic E-state index is 0.0369. The van der Waals surface area contributed by atoms with E-state index in [1.807, 2.05) is 18.2 Å². The van der Waals surface area contributed by atoms with E-state index in [-0.39, 0.29) is 15.0 Å². The molecule has 170 valence electrons. The van der Waals surface area contributed by atoms with Crippen LogP contribution < -0.4 is 14.8 Å². The number of ether oxygens (including phenoxy) is 2. The third-order valence-corrected chi connectivity index (χ3v) is 6.88. The van der Waals surface area contributed by atoms with Gasteiger partial charge in [-0.2, -0.15) is 5.26 Å². The summed E-state index contributed by atoms with van der Waals surface area (Å²) in [5.74, 6) is 0.141. The average Bonchev–Trinajstić information content (AvgIpc) is 3.26. The number of carbonyl (C=O) groups excluding carboxylic acids is 1. The van der Waals surface area contributed by atoms with Crippen LogP contribution in [0.3, 0.4) is 0 Å². The zero-order chi connectivity index (χ0) is 24.0. The van der Waals surface area contributed by atoms with E-state index in [2.05, 4.69) is 15.5 Å². The van der Waals surface area contributed by atoms with Gasteiger partial charge in [0.2, 0.25) is 19.3 Å². The molecule has 1 aromatic heterocycles. The lowest BCUT2D eigenvalue weighted by Crippen LogP contribution is -2.13. The molecule has 2 aromatic carbocycles. The highest BCUT2D eigenvalue weighted by Gasteiger charge is 2.17. The van der Waals surface area contributed by atoms with Crippen molar-refractivity contribution in [3.63, 3.8) is 0 Å². The molecular weight excluding hydrogens is 488 g/mol. The number of benzene rings is 2. The first-order valence-corrected chi connectivity index (χ1v) is 12.3. The second kappa shape index (κ2) is 10.4. The average molecular weight is 505 g/mol. The molecule has 0 radical (unpaired) electrons. The van der Waals surface area contributed by atoms with Gasteiger partial charge in [0.05, 0.1) is 7.11 Å². The molecule has 0 saturated carbocycles. The number of methoxy groups -OCH3 is 1. The van der Waals surface area contributed by atoms with Crippen molar-refractivity contribution >= 4 is 49.9 Å². The fraction of sp³-hybridized carbons (Fsp3) is 0.143. The maximum atomic E-state index is 12.4. The van der Waals surface area contributed by atoms with Crippen molar-refractivity contribution in [1.82, 2.24) is 10.2 Å². The van der Waals surface area contributed by atoms with E-state index in [0.717, 1.165) is 11.8 Å². The summed E-state index contributed by atoms with van der Waals surface area (Å²) in [6, 6.07) is 14.0. The van der Waals surface area contributed by atoms with Crippen molar-refractivity contribution in [2.75, 3.05) is 18.7 Å². The third-order valence-electron chi connectivity index (χ3n) is 4.12.